The van der Waals surface area contributed by atoms with Crippen molar-refractivity contribution in [2.24, 2.45) is 5.92 Å². The number of piperazine rings is 1. The number of para-hydroxylation sites is 1. The predicted molar refractivity (Wildman–Crippen MR) is 112 cm³/mol. The molecule has 0 radical (unpaired) electrons. The number of carbonyl (C=O) groups is 2. The van der Waals surface area contributed by atoms with Crippen LogP contribution in [0.3, 0.4) is 0 Å². The maximum atomic E-state index is 13.0. The number of hydrogen-bond donors (Lipinski definition) is 1. The number of carboxylic acids is 1. The number of benzene rings is 1. The van der Waals surface area contributed by atoms with Crippen molar-refractivity contribution in [2.75, 3.05) is 32.7 Å². The standard InChI is InChI=1S/C20H26N4O.C2HF3O2/c25-20(18-8-3-4-9-19(18)24-11-5-10-21-24)23-14-12-22(13-15-23)16-17-6-1-2-7-17;3-2(4,5)1(6)7/h3-5,8-11,17H,1-2,6-7,12-16H2;(H,6,7). The van der Waals surface area contributed by atoms with E-state index in [4.69, 9.17) is 9.90 Å². The van der Waals surface area contributed by atoms with Crippen LogP contribution >= 0.6 is 0 Å². The molecule has 1 aliphatic heterocycles. The molecule has 1 aliphatic carbocycles. The molecule has 0 bridgehead atoms. The number of rotatable bonds is 4. The van der Waals surface area contributed by atoms with Gasteiger partial charge in [0.05, 0.1) is 11.3 Å². The minimum absolute atomic E-state index is 0.117. The van der Waals surface area contributed by atoms with Gasteiger partial charge in [-0.15, -0.1) is 0 Å². The van der Waals surface area contributed by atoms with Crippen molar-refractivity contribution >= 4 is 11.9 Å². The summed E-state index contributed by atoms with van der Waals surface area (Å²) in [6.45, 7) is 4.84. The molecule has 10 heteroatoms. The van der Waals surface area contributed by atoms with Crippen LogP contribution in [0.1, 0.15) is 36.0 Å². The predicted octanol–water partition coefficient (Wildman–Crippen LogP) is 3.45. The van der Waals surface area contributed by atoms with Gasteiger partial charge in [-0.2, -0.15) is 18.3 Å². The van der Waals surface area contributed by atoms with Crippen LogP contribution in [-0.4, -0.2) is 75.5 Å². The van der Waals surface area contributed by atoms with E-state index in [9.17, 15) is 18.0 Å². The van der Waals surface area contributed by atoms with Crippen LogP contribution in [0, 0.1) is 5.92 Å². The fraction of sp³-hybridized carbons (Fsp3) is 0.500. The number of nitrogens with zero attached hydrogens (tertiary/aromatic N) is 4. The summed E-state index contributed by atoms with van der Waals surface area (Å²) in [5.41, 5.74) is 1.58. The first-order valence-electron chi connectivity index (χ1n) is 10.7. The zero-order chi connectivity index (χ0) is 23.1. The van der Waals surface area contributed by atoms with Gasteiger partial charge in [-0.3, -0.25) is 9.69 Å². The average Bonchev–Trinajstić information content (AvgIpc) is 3.48. The molecule has 174 valence electrons. The third-order valence-corrected chi connectivity index (χ3v) is 5.78. The highest BCUT2D eigenvalue weighted by atomic mass is 19.4. The number of halogens is 3. The Bertz CT molecular complexity index is 888. The van der Waals surface area contributed by atoms with E-state index in [-0.39, 0.29) is 5.91 Å². The fourth-order valence-corrected chi connectivity index (χ4v) is 4.13. The summed E-state index contributed by atoms with van der Waals surface area (Å²) in [6.07, 6.45) is 4.10. The van der Waals surface area contributed by atoms with E-state index in [0.29, 0.717) is 0 Å². The van der Waals surface area contributed by atoms with E-state index >= 15 is 0 Å². The van der Waals surface area contributed by atoms with Gasteiger partial charge in [0.1, 0.15) is 0 Å². The van der Waals surface area contributed by atoms with E-state index in [0.717, 1.165) is 43.3 Å². The lowest BCUT2D eigenvalue weighted by molar-refractivity contribution is -0.192. The third-order valence-electron chi connectivity index (χ3n) is 5.78. The molecule has 1 amide bonds. The van der Waals surface area contributed by atoms with Crippen LogP contribution < -0.4 is 0 Å². The molecule has 1 N–H and O–H groups in total. The molecular weight excluding hydrogens is 425 g/mol. The molecular formula is C22H27F3N4O3. The number of aromatic nitrogens is 2. The second-order valence-corrected chi connectivity index (χ2v) is 8.01. The van der Waals surface area contributed by atoms with E-state index < -0.39 is 12.1 Å². The highest BCUT2D eigenvalue weighted by Gasteiger charge is 2.38. The molecule has 32 heavy (non-hydrogen) atoms. The molecule has 1 aromatic carbocycles. The van der Waals surface area contributed by atoms with Gasteiger partial charge in [0.15, 0.2) is 0 Å². The molecule has 2 aromatic rings. The second-order valence-electron chi connectivity index (χ2n) is 8.01. The maximum absolute atomic E-state index is 13.0. The lowest BCUT2D eigenvalue weighted by Crippen LogP contribution is -2.49. The Labute approximate surface area is 184 Å². The number of amides is 1. The average molecular weight is 452 g/mol. The van der Waals surface area contributed by atoms with Gasteiger partial charge in [0, 0.05) is 45.1 Å². The van der Waals surface area contributed by atoms with Crippen LogP contribution in [0.4, 0.5) is 13.2 Å². The van der Waals surface area contributed by atoms with Gasteiger partial charge in [0.25, 0.3) is 5.91 Å². The molecule has 0 spiro atoms. The van der Waals surface area contributed by atoms with Gasteiger partial charge in [-0.25, -0.2) is 9.48 Å². The Kier molecular flexibility index (Phi) is 7.89. The maximum Gasteiger partial charge on any atom is 0.490 e. The number of hydrogen-bond acceptors (Lipinski definition) is 4. The summed E-state index contributed by atoms with van der Waals surface area (Å²) in [5, 5.41) is 11.4. The van der Waals surface area contributed by atoms with Crippen LogP contribution in [0.5, 0.6) is 0 Å². The largest absolute Gasteiger partial charge is 0.490 e. The van der Waals surface area contributed by atoms with Crippen LogP contribution in [0.25, 0.3) is 5.69 Å². The zero-order valence-electron chi connectivity index (χ0n) is 17.7. The van der Waals surface area contributed by atoms with Gasteiger partial charge < -0.3 is 10.0 Å². The minimum Gasteiger partial charge on any atom is -0.475 e. The second kappa shape index (κ2) is 10.6. The summed E-state index contributed by atoms with van der Waals surface area (Å²) in [4.78, 5) is 26.5. The lowest BCUT2D eigenvalue weighted by atomic mass is 10.1. The quantitative estimate of drug-likeness (QED) is 0.769. The lowest BCUT2D eigenvalue weighted by Gasteiger charge is -2.36. The first kappa shape index (κ1) is 23.8. The zero-order valence-corrected chi connectivity index (χ0v) is 17.7. The van der Waals surface area contributed by atoms with Gasteiger partial charge in [-0.1, -0.05) is 25.0 Å². The van der Waals surface area contributed by atoms with Gasteiger partial charge in [-0.05, 0) is 37.0 Å². The molecule has 1 saturated carbocycles. The summed E-state index contributed by atoms with van der Waals surface area (Å²) >= 11 is 0. The number of carboxylic acid groups (broad SMARTS) is 1. The minimum atomic E-state index is -5.08. The number of carbonyl (C=O) groups excluding carboxylic acids is 1. The molecule has 2 fully saturated rings. The summed E-state index contributed by atoms with van der Waals surface area (Å²) in [6, 6.07) is 9.62. The molecule has 7 nitrogen and oxygen atoms in total. The van der Waals surface area contributed by atoms with E-state index in [2.05, 4.69) is 10.00 Å². The van der Waals surface area contributed by atoms with E-state index in [1.54, 1.807) is 10.9 Å². The Morgan fingerprint density at radius 2 is 1.66 bits per heavy atom. The van der Waals surface area contributed by atoms with Crippen molar-refractivity contribution in [2.45, 2.75) is 31.9 Å². The molecule has 0 atom stereocenters. The molecule has 4 rings (SSSR count). The number of aliphatic carboxylic acids is 1. The first-order valence-corrected chi connectivity index (χ1v) is 10.7. The Hall–Kier alpha value is -2.88. The van der Waals surface area contributed by atoms with Crippen LogP contribution in [0.15, 0.2) is 42.7 Å². The van der Waals surface area contributed by atoms with Gasteiger partial charge in [0.2, 0.25) is 0 Å². The van der Waals surface area contributed by atoms with Crippen molar-refractivity contribution in [1.29, 1.82) is 0 Å². The summed E-state index contributed by atoms with van der Waals surface area (Å²) < 4.78 is 33.5. The van der Waals surface area contributed by atoms with E-state index in [1.165, 1.54) is 32.2 Å². The van der Waals surface area contributed by atoms with E-state index in [1.807, 2.05) is 41.4 Å². The molecule has 0 unspecified atom stereocenters. The Balaban J connectivity index is 0.000000360. The molecule has 2 aliphatic rings. The normalized spacial score (nSPS) is 17.7. The first-order chi connectivity index (χ1) is 15.3. The van der Waals surface area contributed by atoms with Crippen LogP contribution in [-0.2, 0) is 4.79 Å². The Morgan fingerprint density at radius 3 is 2.22 bits per heavy atom. The Morgan fingerprint density at radius 1 is 1.03 bits per heavy atom. The number of alkyl halides is 3. The SMILES string of the molecule is O=C(O)C(F)(F)F.O=C(c1ccccc1-n1cccn1)N1CCN(CC2CCCC2)CC1. The van der Waals surface area contributed by atoms with Crippen molar-refractivity contribution in [3.05, 3.63) is 48.3 Å². The summed E-state index contributed by atoms with van der Waals surface area (Å²) in [5.74, 6) is -1.76. The molecule has 2 heterocycles. The third kappa shape index (κ3) is 6.32. The topological polar surface area (TPSA) is 78.7 Å². The smallest absolute Gasteiger partial charge is 0.475 e. The fourth-order valence-electron chi connectivity index (χ4n) is 4.13. The highest BCUT2D eigenvalue weighted by molar-refractivity contribution is 5.97. The van der Waals surface area contributed by atoms with Crippen molar-refractivity contribution in [1.82, 2.24) is 19.6 Å². The monoisotopic (exact) mass is 452 g/mol. The summed E-state index contributed by atoms with van der Waals surface area (Å²) in [7, 11) is 0. The van der Waals surface area contributed by atoms with Crippen molar-refractivity contribution < 1.29 is 27.9 Å². The van der Waals surface area contributed by atoms with Crippen LogP contribution in [0.2, 0.25) is 0 Å². The van der Waals surface area contributed by atoms with Crippen molar-refractivity contribution in [3.63, 3.8) is 0 Å². The van der Waals surface area contributed by atoms with Gasteiger partial charge >= 0.3 is 12.1 Å². The van der Waals surface area contributed by atoms with Crippen molar-refractivity contribution in [3.8, 4) is 5.69 Å². The highest BCUT2D eigenvalue weighted by Crippen LogP contribution is 2.26. The molecule has 1 saturated heterocycles. The molecule has 1 aromatic heterocycles.